The van der Waals surface area contributed by atoms with Crippen molar-refractivity contribution >= 4 is 23.4 Å². The molecule has 0 radical (unpaired) electrons. The van der Waals surface area contributed by atoms with Crippen LogP contribution in [0.3, 0.4) is 0 Å². The first-order valence-electron chi connectivity index (χ1n) is 7.65. The molecule has 1 fully saturated rings. The van der Waals surface area contributed by atoms with Crippen LogP contribution >= 0.6 is 11.6 Å². The van der Waals surface area contributed by atoms with Gasteiger partial charge in [0.15, 0.2) is 0 Å². The minimum absolute atomic E-state index is 0.0132. The molecule has 0 bridgehead atoms. The van der Waals surface area contributed by atoms with Crippen LogP contribution in [-0.4, -0.2) is 42.4 Å². The fourth-order valence-corrected chi connectivity index (χ4v) is 2.94. The Morgan fingerprint density at radius 2 is 2.09 bits per heavy atom. The molecule has 0 spiro atoms. The molecule has 1 heterocycles. The van der Waals surface area contributed by atoms with Crippen LogP contribution < -0.4 is 11.1 Å². The second-order valence-electron chi connectivity index (χ2n) is 5.47. The molecule has 1 atom stereocenters. The maximum absolute atomic E-state index is 12.7. The highest BCUT2D eigenvalue weighted by molar-refractivity contribution is 6.33. The van der Waals surface area contributed by atoms with E-state index in [9.17, 15) is 9.59 Å². The zero-order valence-electron chi connectivity index (χ0n) is 12.6. The lowest BCUT2D eigenvalue weighted by Crippen LogP contribution is -2.49. The molecule has 0 aliphatic carbocycles. The van der Waals surface area contributed by atoms with E-state index in [1.54, 1.807) is 24.3 Å². The van der Waals surface area contributed by atoms with E-state index in [0.29, 0.717) is 36.6 Å². The number of hydrogen-bond donors (Lipinski definition) is 2. The normalized spacial score (nSPS) is 18.1. The quantitative estimate of drug-likeness (QED) is 0.867. The number of amides is 2. The fraction of sp³-hybridized carbons (Fsp3) is 0.500. The molecule has 120 valence electrons. The molecular formula is C16H22ClN3O2. The molecule has 1 saturated heterocycles. The molecule has 1 aliphatic rings. The summed E-state index contributed by atoms with van der Waals surface area (Å²) >= 11 is 6.12. The van der Waals surface area contributed by atoms with Crippen molar-refractivity contribution in [3.8, 4) is 0 Å². The Morgan fingerprint density at radius 1 is 1.32 bits per heavy atom. The van der Waals surface area contributed by atoms with Crippen LogP contribution in [0.15, 0.2) is 24.3 Å². The third-order valence-corrected chi connectivity index (χ3v) is 4.23. The molecular weight excluding hydrogens is 302 g/mol. The zero-order valence-corrected chi connectivity index (χ0v) is 13.3. The number of hydrogen-bond acceptors (Lipinski definition) is 3. The van der Waals surface area contributed by atoms with E-state index in [-0.39, 0.29) is 17.9 Å². The highest BCUT2D eigenvalue weighted by Crippen LogP contribution is 2.23. The van der Waals surface area contributed by atoms with Crippen LogP contribution in [0.2, 0.25) is 5.02 Å². The summed E-state index contributed by atoms with van der Waals surface area (Å²) < 4.78 is 0. The van der Waals surface area contributed by atoms with Crippen molar-refractivity contribution in [3.63, 3.8) is 0 Å². The maximum atomic E-state index is 12.7. The number of likely N-dealkylation sites (tertiary alicyclic amines) is 1. The van der Waals surface area contributed by atoms with Crippen molar-refractivity contribution in [3.05, 3.63) is 34.9 Å². The summed E-state index contributed by atoms with van der Waals surface area (Å²) in [6, 6.07) is 7.08. The average molecular weight is 324 g/mol. The monoisotopic (exact) mass is 323 g/mol. The lowest BCUT2D eigenvalue weighted by Gasteiger charge is -2.36. The van der Waals surface area contributed by atoms with Crippen molar-refractivity contribution in [2.24, 2.45) is 5.73 Å². The van der Waals surface area contributed by atoms with Gasteiger partial charge in [0.1, 0.15) is 0 Å². The van der Waals surface area contributed by atoms with E-state index in [0.717, 1.165) is 19.3 Å². The van der Waals surface area contributed by atoms with Crippen LogP contribution in [0.5, 0.6) is 0 Å². The SMILES string of the molecule is NCCC(=O)NCC1CCCCN1C(=O)c1ccccc1Cl. The van der Waals surface area contributed by atoms with Crippen LogP contribution in [0, 0.1) is 0 Å². The minimum atomic E-state index is -0.0711. The van der Waals surface area contributed by atoms with Crippen molar-refractivity contribution in [2.45, 2.75) is 31.7 Å². The van der Waals surface area contributed by atoms with Gasteiger partial charge in [0.2, 0.25) is 5.91 Å². The first-order chi connectivity index (χ1) is 10.6. The molecule has 0 aromatic heterocycles. The average Bonchev–Trinajstić information content (AvgIpc) is 2.53. The number of carbonyl (C=O) groups excluding carboxylic acids is 2. The highest BCUT2D eigenvalue weighted by Gasteiger charge is 2.28. The summed E-state index contributed by atoms with van der Waals surface area (Å²) in [7, 11) is 0. The van der Waals surface area contributed by atoms with E-state index in [2.05, 4.69) is 5.32 Å². The predicted molar refractivity (Wildman–Crippen MR) is 86.8 cm³/mol. The van der Waals surface area contributed by atoms with E-state index in [1.165, 1.54) is 0 Å². The van der Waals surface area contributed by atoms with Gasteiger partial charge in [-0.15, -0.1) is 0 Å². The lowest BCUT2D eigenvalue weighted by atomic mass is 10.0. The predicted octanol–water partition coefficient (Wildman–Crippen LogP) is 1.80. The molecule has 1 aromatic carbocycles. The first kappa shape index (κ1) is 16.8. The van der Waals surface area contributed by atoms with Gasteiger partial charge >= 0.3 is 0 Å². The van der Waals surface area contributed by atoms with E-state index in [1.807, 2.05) is 4.90 Å². The Hall–Kier alpha value is -1.59. The molecule has 1 aliphatic heterocycles. The van der Waals surface area contributed by atoms with Crippen LogP contribution in [0.4, 0.5) is 0 Å². The molecule has 2 rings (SSSR count). The first-order valence-corrected chi connectivity index (χ1v) is 8.03. The zero-order chi connectivity index (χ0) is 15.9. The summed E-state index contributed by atoms with van der Waals surface area (Å²) in [5, 5.41) is 3.32. The Bertz CT molecular complexity index is 536. The van der Waals surface area contributed by atoms with Gasteiger partial charge in [0.05, 0.1) is 10.6 Å². The van der Waals surface area contributed by atoms with Crippen molar-refractivity contribution < 1.29 is 9.59 Å². The number of piperidine rings is 1. The third-order valence-electron chi connectivity index (χ3n) is 3.90. The summed E-state index contributed by atoms with van der Waals surface area (Å²) in [5.74, 6) is -0.137. The van der Waals surface area contributed by atoms with E-state index >= 15 is 0 Å². The molecule has 6 heteroatoms. The standard InChI is InChI=1S/C16H22ClN3O2/c17-14-7-2-1-6-13(14)16(22)20-10-4-3-5-12(20)11-19-15(21)8-9-18/h1-2,6-7,12H,3-5,8-11,18H2,(H,19,21). The smallest absolute Gasteiger partial charge is 0.255 e. The largest absolute Gasteiger partial charge is 0.354 e. The van der Waals surface area contributed by atoms with Crippen LogP contribution in [0.1, 0.15) is 36.0 Å². The summed E-state index contributed by atoms with van der Waals surface area (Å²) in [6.45, 7) is 1.50. The van der Waals surface area contributed by atoms with Gasteiger partial charge in [0.25, 0.3) is 5.91 Å². The summed E-state index contributed by atoms with van der Waals surface area (Å²) in [4.78, 5) is 26.1. The van der Waals surface area contributed by atoms with Crippen LogP contribution in [0.25, 0.3) is 0 Å². The van der Waals surface area contributed by atoms with Gasteiger partial charge < -0.3 is 16.0 Å². The number of nitrogens with two attached hydrogens (primary N) is 1. The van der Waals surface area contributed by atoms with Gasteiger partial charge in [-0.05, 0) is 31.4 Å². The van der Waals surface area contributed by atoms with Crippen molar-refractivity contribution in [1.29, 1.82) is 0 Å². The second kappa shape index (κ2) is 8.15. The van der Waals surface area contributed by atoms with E-state index < -0.39 is 0 Å². The summed E-state index contributed by atoms with van der Waals surface area (Å²) in [6.07, 6.45) is 3.23. The van der Waals surface area contributed by atoms with Gasteiger partial charge in [-0.25, -0.2) is 0 Å². The second-order valence-corrected chi connectivity index (χ2v) is 5.88. The molecule has 1 aromatic rings. The van der Waals surface area contributed by atoms with Gasteiger partial charge in [0, 0.05) is 32.1 Å². The third kappa shape index (κ3) is 4.21. The number of nitrogens with zero attached hydrogens (tertiary/aromatic N) is 1. The molecule has 22 heavy (non-hydrogen) atoms. The lowest BCUT2D eigenvalue weighted by molar-refractivity contribution is -0.121. The number of halogens is 1. The highest BCUT2D eigenvalue weighted by atomic mass is 35.5. The topological polar surface area (TPSA) is 75.4 Å². The number of benzene rings is 1. The number of carbonyl (C=O) groups is 2. The molecule has 1 unspecified atom stereocenters. The minimum Gasteiger partial charge on any atom is -0.354 e. The summed E-state index contributed by atoms with van der Waals surface area (Å²) in [5.41, 5.74) is 5.88. The number of rotatable bonds is 5. The molecule has 5 nitrogen and oxygen atoms in total. The Balaban J connectivity index is 2.04. The maximum Gasteiger partial charge on any atom is 0.255 e. The Labute approximate surface area is 135 Å². The van der Waals surface area contributed by atoms with Crippen molar-refractivity contribution in [1.82, 2.24) is 10.2 Å². The Morgan fingerprint density at radius 3 is 2.82 bits per heavy atom. The number of nitrogens with one attached hydrogen (secondary N) is 1. The van der Waals surface area contributed by atoms with Gasteiger partial charge in [-0.1, -0.05) is 23.7 Å². The molecule has 3 N–H and O–H groups in total. The van der Waals surface area contributed by atoms with Gasteiger partial charge in [-0.2, -0.15) is 0 Å². The fourth-order valence-electron chi connectivity index (χ4n) is 2.72. The van der Waals surface area contributed by atoms with Crippen molar-refractivity contribution in [2.75, 3.05) is 19.6 Å². The molecule has 2 amide bonds. The molecule has 0 saturated carbocycles. The van der Waals surface area contributed by atoms with Gasteiger partial charge in [-0.3, -0.25) is 9.59 Å². The van der Waals surface area contributed by atoms with E-state index in [4.69, 9.17) is 17.3 Å². The Kier molecular flexibility index (Phi) is 6.21. The van der Waals surface area contributed by atoms with Crippen LogP contribution in [-0.2, 0) is 4.79 Å².